The predicted molar refractivity (Wildman–Crippen MR) is 56.1 cm³/mol. The molecule has 0 atom stereocenters. The van der Waals surface area contributed by atoms with E-state index in [4.69, 9.17) is 0 Å². The second-order valence-corrected chi connectivity index (χ2v) is 4.42. The molecule has 1 heterocycles. The van der Waals surface area contributed by atoms with Gasteiger partial charge >= 0.3 is 0 Å². The molecule has 72 valence electrons. The summed E-state index contributed by atoms with van der Waals surface area (Å²) in [4.78, 5) is 10.1. The zero-order valence-corrected chi connectivity index (χ0v) is 9.06. The van der Waals surface area contributed by atoms with Gasteiger partial charge in [-0.3, -0.25) is 10.1 Å². The molecule has 1 aromatic heterocycles. The molecular formula is C8H3BrFNO2S. The molecule has 3 nitrogen and oxygen atoms in total. The van der Waals surface area contributed by atoms with Gasteiger partial charge in [0, 0.05) is 6.07 Å². The first-order chi connectivity index (χ1) is 6.59. The average Bonchev–Trinajstić information content (AvgIpc) is 2.46. The van der Waals surface area contributed by atoms with Crippen molar-refractivity contribution in [2.24, 2.45) is 0 Å². The van der Waals surface area contributed by atoms with E-state index < -0.39 is 4.92 Å². The summed E-state index contributed by atoms with van der Waals surface area (Å²) in [6.45, 7) is 0. The van der Waals surface area contributed by atoms with Crippen molar-refractivity contribution in [2.75, 3.05) is 0 Å². The van der Waals surface area contributed by atoms with Crippen LogP contribution in [-0.4, -0.2) is 4.92 Å². The number of nitrogens with zero attached hydrogens (tertiary/aromatic N) is 1. The smallest absolute Gasteiger partial charge is 0.258 e. The van der Waals surface area contributed by atoms with E-state index in [1.165, 1.54) is 18.2 Å². The molecule has 0 aliphatic carbocycles. The predicted octanol–water partition coefficient (Wildman–Crippen LogP) is 3.71. The Kier molecular flexibility index (Phi) is 2.24. The summed E-state index contributed by atoms with van der Waals surface area (Å²) in [6, 6.07) is 4.25. The number of fused-ring (bicyclic) bond motifs is 1. The van der Waals surface area contributed by atoms with Crippen molar-refractivity contribution in [3.8, 4) is 0 Å². The number of hydrogen-bond acceptors (Lipinski definition) is 3. The number of halogens is 2. The molecule has 14 heavy (non-hydrogen) atoms. The molecule has 0 fully saturated rings. The van der Waals surface area contributed by atoms with Gasteiger partial charge in [-0.25, -0.2) is 0 Å². The normalized spacial score (nSPS) is 10.7. The molecule has 0 spiro atoms. The largest absolute Gasteiger partial charge is 0.284 e. The van der Waals surface area contributed by atoms with Crippen LogP contribution in [0.2, 0.25) is 0 Å². The van der Waals surface area contributed by atoms with Crippen LogP contribution in [0.3, 0.4) is 0 Å². The van der Waals surface area contributed by atoms with E-state index in [2.05, 4.69) is 15.9 Å². The van der Waals surface area contributed by atoms with Gasteiger partial charge in [0.2, 0.25) is 0 Å². The quantitative estimate of drug-likeness (QED) is 0.588. The third-order valence-corrected chi connectivity index (χ3v) is 3.79. The van der Waals surface area contributed by atoms with Crippen LogP contribution in [0, 0.1) is 15.2 Å². The van der Waals surface area contributed by atoms with E-state index in [1.807, 2.05) is 0 Å². The van der Waals surface area contributed by atoms with Gasteiger partial charge in [-0.05, 0) is 33.4 Å². The molecule has 0 saturated carbocycles. The van der Waals surface area contributed by atoms with Gasteiger partial charge in [-0.2, -0.15) is 4.39 Å². The first kappa shape index (κ1) is 9.54. The van der Waals surface area contributed by atoms with Gasteiger partial charge in [0.05, 0.1) is 9.62 Å². The van der Waals surface area contributed by atoms with Gasteiger partial charge in [0.15, 0.2) is 5.13 Å². The van der Waals surface area contributed by atoms with Gasteiger partial charge in [0.25, 0.3) is 5.69 Å². The van der Waals surface area contributed by atoms with E-state index >= 15 is 0 Å². The topological polar surface area (TPSA) is 43.1 Å². The molecule has 0 aliphatic heterocycles. The van der Waals surface area contributed by atoms with E-state index in [0.717, 1.165) is 11.3 Å². The third kappa shape index (κ3) is 1.40. The minimum Gasteiger partial charge on any atom is -0.258 e. The zero-order chi connectivity index (χ0) is 10.3. The fourth-order valence-corrected chi connectivity index (χ4v) is 2.74. The van der Waals surface area contributed by atoms with Crippen molar-refractivity contribution in [3.05, 3.63) is 37.9 Å². The van der Waals surface area contributed by atoms with Crippen molar-refractivity contribution in [3.63, 3.8) is 0 Å². The lowest BCUT2D eigenvalue weighted by molar-refractivity contribution is -0.385. The molecule has 0 bridgehead atoms. The number of thiophene rings is 1. The summed E-state index contributed by atoms with van der Waals surface area (Å²) in [5.41, 5.74) is -0.0423. The fourth-order valence-electron chi connectivity index (χ4n) is 1.17. The highest BCUT2D eigenvalue weighted by atomic mass is 79.9. The van der Waals surface area contributed by atoms with Crippen LogP contribution in [0.15, 0.2) is 22.7 Å². The summed E-state index contributed by atoms with van der Waals surface area (Å²) in [6.07, 6.45) is 0. The molecule has 6 heteroatoms. The number of nitro benzene ring substituents is 1. The summed E-state index contributed by atoms with van der Waals surface area (Å²) >= 11 is 3.99. The Morgan fingerprint density at radius 3 is 2.86 bits per heavy atom. The molecular weight excluding hydrogens is 273 g/mol. The van der Waals surface area contributed by atoms with Crippen LogP contribution in [0.5, 0.6) is 0 Å². The fraction of sp³-hybridized carbons (Fsp3) is 0. The van der Waals surface area contributed by atoms with Crippen molar-refractivity contribution >= 4 is 43.0 Å². The second-order valence-electron chi connectivity index (χ2n) is 2.62. The number of rotatable bonds is 1. The summed E-state index contributed by atoms with van der Waals surface area (Å²) < 4.78 is 13.8. The molecule has 2 aromatic rings. The van der Waals surface area contributed by atoms with E-state index in [9.17, 15) is 14.5 Å². The van der Waals surface area contributed by atoms with Crippen LogP contribution >= 0.6 is 27.3 Å². The maximum Gasteiger partial charge on any atom is 0.284 e. The van der Waals surface area contributed by atoms with Gasteiger partial charge < -0.3 is 0 Å². The molecule has 0 unspecified atom stereocenters. The standard InChI is InChI=1S/C8H3BrFNO2S/c9-7-5(11(12)13)2-1-4-3-6(10)14-8(4)7/h1-3H. The van der Waals surface area contributed by atoms with Crippen LogP contribution in [0.25, 0.3) is 10.1 Å². The van der Waals surface area contributed by atoms with Gasteiger partial charge in [0.1, 0.15) is 4.47 Å². The highest BCUT2D eigenvalue weighted by Crippen LogP contribution is 2.37. The van der Waals surface area contributed by atoms with Crippen molar-refractivity contribution in [1.82, 2.24) is 0 Å². The van der Waals surface area contributed by atoms with Crippen LogP contribution in [0.1, 0.15) is 0 Å². The molecule has 0 radical (unpaired) electrons. The molecule has 0 aliphatic rings. The molecule has 0 saturated heterocycles. The van der Waals surface area contributed by atoms with E-state index in [0.29, 0.717) is 14.6 Å². The van der Waals surface area contributed by atoms with Crippen LogP contribution in [-0.2, 0) is 0 Å². The Morgan fingerprint density at radius 1 is 1.50 bits per heavy atom. The zero-order valence-electron chi connectivity index (χ0n) is 6.66. The Balaban J connectivity index is 2.80. The second kappa shape index (κ2) is 3.29. The lowest BCUT2D eigenvalue weighted by atomic mass is 10.2. The van der Waals surface area contributed by atoms with E-state index in [1.54, 1.807) is 0 Å². The summed E-state index contributed by atoms with van der Waals surface area (Å²) in [5, 5.41) is 10.9. The Morgan fingerprint density at radius 2 is 2.21 bits per heavy atom. The maximum absolute atomic E-state index is 12.9. The maximum atomic E-state index is 12.9. The molecule has 1 aromatic carbocycles. The average molecular weight is 276 g/mol. The van der Waals surface area contributed by atoms with Crippen molar-refractivity contribution in [2.45, 2.75) is 0 Å². The number of benzene rings is 1. The first-order valence-corrected chi connectivity index (χ1v) is 5.22. The summed E-state index contributed by atoms with van der Waals surface area (Å²) in [7, 11) is 0. The molecule has 0 N–H and O–H groups in total. The third-order valence-electron chi connectivity index (χ3n) is 1.77. The number of nitro groups is 1. The minimum atomic E-state index is -0.499. The number of hydrogen-bond donors (Lipinski definition) is 0. The lowest BCUT2D eigenvalue weighted by Crippen LogP contribution is -1.88. The van der Waals surface area contributed by atoms with Gasteiger partial charge in [-0.15, -0.1) is 11.3 Å². The Labute approximate surface area is 90.4 Å². The molecule has 2 rings (SSSR count). The lowest BCUT2D eigenvalue weighted by Gasteiger charge is -1.95. The Hall–Kier alpha value is -1.01. The summed E-state index contributed by atoms with van der Waals surface area (Å²) in [5.74, 6) is 0. The van der Waals surface area contributed by atoms with Gasteiger partial charge in [-0.1, -0.05) is 0 Å². The van der Waals surface area contributed by atoms with Crippen LogP contribution < -0.4 is 0 Å². The monoisotopic (exact) mass is 275 g/mol. The van der Waals surface area contributed by atoms with E-state index in [-0.39, 0.29) is 10.8 Å². The van der Waals surface area contributed by atoms with Crippen molar-refractivity contribution < 1.29 is 9.31 Å². The molecule has 0 amide bonds. The Bertz CT molecular complexity index is 525. The highest BCUT2D eigenvalue weighted by molar-refractivity contribution is 9.10. The minimum absolute atomic E-state index is 0.0423. The highest BCUT2D eigenvalue weighted by Gasteiger charge is 2.16. The van der Waals surface area contributed by atoms with Crippen LogP contribution in [0.4, 0.5) is 10.1 Å². The van der Waals surface area contributed by atoms with Crippen molar-refractivity contribution in [1.29, 1.82) is 0 Å². The first-order valence-electron chi connectivity index (χ1n) is 3.61. The SMILES string of the molecule is O=[N+]([O-])c1ccc2cc(F)sc2c1Br.